The Bertz CT molecular complexity index is 839. The number of benzene rings is 2. The van der Waals surface area contributed by atoms with E-state index >= 15 is 0 Å². The number of nitrogens with zero attached hydrogens (tertiary/aromatic N) is 2. The molecule has 6 heteroatoms. The summed E-state index contributed by atoms with van der Waals surface area (Å²) in [5, 5.41) is 0. The van der Waals surface area contributed by atoms with Gasteiger partial charge in [0.25, 0.3) is 0 Å². The summed E-state index contributed by atoms with van der Waals surface area (Å²) in [4.78, 5) is 14.0. The highest BCUT2D eigenvalue weighted by Gasteiger charge is 2.10. The van der Waals surface area contributed by atoms with Crippen LogP contribution in [0.25, 0.3) is 11.1 Å². The standard InChI is InChI=1S/C17H17BrN2O3/c1-19(10-11-22-14-8-6-13(18)7-9-14)12-20-15-4-2-3-5-16(15)23-17(20)21/h2-9H,10-12H2,1H3. The van der Waals surface area contributed by atoms with Gasteiger partial charge in [0.1, 0.15) is 12.4 Å². The highest BCUT2D eigenvalue weighted by Crippen LogP contribution is 2.16. The molecule has 120 valence electrons. The topological polar surface area (TPSA) is 47.6 Å². The van der Waals surface area contributed by atoms with Crippen molar-refractivity contribution in [1.29, 1.82) is 0 Å². The summed E-state index contributed by atoms with van der Waals surface area (Å²) in [7, 11) is 1.94. The van der Waals surface area contributed by atoms with Gasteiger partial charge in [0.05, 0.1) is 12.2 Å². The van der Waals surface area contributed by atoms with Gasteiger partial charge in [-0.2, -0.15) is 0 Å². The van der Waals surface area contributed by atoms with Crippen molar-refractivity contribution < 1.29 is 9.15 Å². The lowest BCUT2D eigenvalue weighted by Gasteiger charge is -2.17. The van der Waals surface area contributed by atoms with E-state index in [1.807, 2.05) is 54.4 Å². The van der Waals surface area contributed by atoms with Crippen molar-refractivity contribution in [3.05, 3.63) is 63.6 Å². The van der Waals surface area contributed by atoms with Crippen LogP contribution in [0.1, 0.15) is 0 Å². The van der Waals surface area contributed by atoms with Gasteiger partial charge in [-0.3, -0.25) is 9.47 Å². The van der Waals surface area contributed by atoms with Crippen LogP contribution in [0.5, 0.6) is 5.75 Å². The van der Waals surface area contributed by atoms with E-state index in [9.17, 15) is 4.79 Å². The summed E-state index contributed by atoms with van der Waals surface area (Å²) in [5.74, 6) is 0.486. The van der Waals surface area contributed by atoms with Gasteiger partial charge in [-0.1, -0.05) is 28.1 Å². The number of likely N-dealkylation sites (N-methyl/N-ethyl adjacent to an activating group) is 1. The van der Waals surface area contributed by atoms with Gasteiger partial charge < -0.3 is 9.15 Å². The van der Waals surface area contributed by atoms with Crippen LogP contribution in [-0.2, 0) is 6.67 Å². The molecule has 0 radical (unpaired) electrons. The number of hydrogen-bond donors (Lipinski definition) is 0. The molecule has 0 atom stereocenters. The van der Waals surface area contributed by atoms with Crippen LogP contribution in [0, 0.1) is 0 Å². The Balaban J connectivity index is 1.58. The molecule has 0 unspecified atom stereocenters. The van der Waals surface area contributed by atoms with Crippen LogP contribution in [0.2, 0.25) is 0 Å². The zero-order valence-corrected chi connectivity index (χ0v) is 14.3. The molecule has 3 rings (SSSR count). The number of hydrogen-bond acceptors (Lipinski definition) is 4. The average molecular weight is 377 g/mol. The second kappa shape index (κ2) is 7.02. The number of fused-ring (bicyclic) bond motifs is 1. The van der Waals surface area contributed by atoms with Crippen molar-refractivity contribution in [1.82, 2.24) is 9.47 Å². The van der Waals surface area contributed by atoms with Crippen LogP contribution in [0.15, 0.2) is 62.2 Å². The third-order valence-electron chi connectivity index (χ3n) is 3.51. The Morgan fingerprint density at radius 3 is 2.70 bits per heavy atom. The normalized spacial score (nSPS) is 11.3. The summed E-state index contributed by atoms with van der Waals surface area (Å²) in [6.45, 7) is 1.70. The number of para-hydroxylation sites is 2. The van der Waals surface area contributed by atoms with E-state index in [1.54, 1.807) is 10.6 Å². The van der Waals surface area contributed by atoms with Crippen LogP contribution >= 0.6 is 15.9 Å². The van der Waals surface area contributed by atoms with Gasteiger partial charge >= 0.3 is 5.76 Å². The van der Waals surface area contributed by atoms with E-state index in [1.165, 1.54) is 0 Å². The Hall–Kier alpha value is -2.05. The summed E-state index contributed by atoms with van der Waals surface area (Å²) in [5.41, 5.74) is 1.41. The summed E-state index contributed by atoms with van der Waals surface area (Å²) >= 11 is 3.39. The Labute approximate surface area is 142 Å². The molecule has 0 aliphatic heterocycles. The first kappa shape index (κ1) is 15.8. The van der Waals surface area contributed by atoms with Crippen LogP contribution in [0.4, 0.5) is 0 Å². The van der Waals surface area contributed by atoms with E-state index in [0.29, 0.717) is 25.4 Å². The first-order valence-electron chi connectivity index (χ1n) is 7.29. The van der Waals surface area contributed by atoms with E-state index in [0.717, 1.165) is 15.7 Å². The molecule has 5 nitrogen and oxygen atoms in total. The smallest absolute Gasteiger partial charge is 0.421 e. The van der Waals surface area contributed by atoms with Crippen molar-refractivity contribution in [2.24, 2.45) is 0 Å². The molecular formula is C17H17BrN2O3. The highest BCUT2D eigenvalue weighted by molar-refractivity contribution is 9.10. The van der Waals surface area contributed by atoms with E-state index in [-0.39, 0.29) is 5.76 Å². The van der Waals surface area contributed by atoms with Gasteiger partial charge in [-0.05, 0) is 43.4 Å². The fourth-order valence-corrected chi connectivity index (χ4v) is 2.57. The Morgan fingerprint density at radius 2 is 1.91 bits per heavy atom. The summed E-state index contributed by atoms with van der Waals surface area (Å²) in [6.07, 6.45) is 0. The van der Waals surface area contributed by atoms with E-state index < -0.39 is 0 Å². The fraction of sp³-hybridized carbons (Fsp3) is 0.235. The minimum Gasteiger partial charge on any atom is -0.492 e. The van der Waals surface area contributed by atoms with Crippen molar-refractivity contribution in [2.45, 2.75) is 6.67 Å². The molecule has 1 aromatic heterocycles. The largest absolute Gasteiger partial charge is 0.492 e. The van der Waals surface area contributed by atoms with Gasteiger partial charge in [0.2, 0.25) is 0 Å². The van der Waals surface area contributed by atoms with Crippen molar-refractivity contribution in [3.8, 4) is 5.75 Å². The van der Waals surface area contributed by atoms with Gasteiger partial charge in [0, 0.05) is 11.0 Å². The van der Waals surface area contributed by atoms with E-state index in [4.69, 9.17) is 9.15 Å². The molecule has 0 bridgehead atoms. The molecule has 0 aliphatic rings. The predicted octanol–water partition coefficient (Wildman–Crippen LogP) is 3.33. The van der Waals surface area contributed by atoms with E-state index in [2.05, 4.69) is 15.9 Å². The maximum absolute atomic E-state index is 11.9. The summed E-state index contributed by atoms with van der Waals surface area (Å²) in [6, 6.07) is 15.1. The maximum atomic E-state index is 11.9. The monoisotopic (exact) mass is 376 g/mol. The van der Waals surface area contributed by atoms with Gasteiger partial charge in [-0.15, -0.1) is 0 Å². The lowest BCUT2D eigenvalue weighted by Crippen LogP contribution is -2.30. The van der Waals surface area contributed by atoms with Gasteiger partial charge in [-0.25, -0.2) is 4.79 Å². The molecule has 0 saturated heterocycles. The van der Waals surface area contributed by atoms with Crippen LogP contribution in [0.3, 0.4) is 0 Å². The highest BCUT2D eigenvalue weighted by atomic mass is 79.9. The minimum atomic E-state index is -0.341. The number of oxazole rings is 1. The zero-order chi connectivity index (χ0) is 16.2. The quantitative estimate of drug-likeness (QED) is 0.661. The third kappa shape index (κ3) is 3.83. The second-order valence-electron chi connectivity index (χ2n) is 5.29. The molecule has 0 aliphatic carbocycles. The SMILES string of the molecule is CN(CCOc1ccc(Br)cc1)Cn1c(=O)oc2ccccc21. The lowest BCUT2D eigenvalue weighted by atomic mass is 10.3. The first-order chi connectivity index (χ1) is 11.1. The molecule has 0 saturated carbocycles. The molecule has 0 amide bonds. The number of rotatable bonds is 6. The molecule has 0 N–H and O–H groups in total. The van der Waals surface area contributed by atoms with Crippen molar-refractivity contribution in [3.63, 3.8) is 0 Å². The molecule has 0 fully saturated rings. The predicted molar refractivity (Wildman–Crippen MR) is 92.7 cm³/mol. The third-order valence-corrected chi connectivity index (χ3v) is 4.04. The molecule has 3 aromatic rings. The average Bonchev–Trinajstić information content (AvgIpc) is 2.85. The van der Waals surface area contributed by atoms with Crippen molar-refractivity contribution in [2.75, 3.05) is 20.2 Å². The van der Waals surface area contributed by atoms with Gasteiger partial charge in [0.15, 0.2) is 5.58 Å². The second-order valence-corrected chi connectivity index (χ2v) is 6.20. The molecule has 2 aromatic carbocycles. The minimum absolute atomic E-state index is 0.341. The lowest BCUT2D eigenvalue weighted by molar-refractivity contribution is 0.203. The van der Waals surface area contributed by atoms with Crippen molar-refractivity contribution >= 4 is 27.0 Å². The molecular weight excluding hydrogens is 360 g/mol. The number of aromatic nitrogens is 1. The zero-order valence-electron chi connectivity index (χ0n) is 12.7. The Morgan fingerprint density at radius 1 is 1.17 bits per heavy atom. The molecule has 23 heavy (non-hydrogen) atoms. The fourth-order valence-electron chi connectivity index (χ4n) is 2.31. The maximum Gasteiger partial charge on any atom is 0.421 e. The number of ether oxygens (including phenoxy) is 1. The van der Waals surface area contributed by atoms with Crippen LogP contribution in [-0.4, -0.2) is 29.7 Å². The first-order valence-corrected chi connectivity index (χ1v) is 8.08. The number of halogens is 1. The van der Waals surface area contributed by atoms with Crippen LogP contribution < -0.4 is 10.5 Å². The molecule has 1 heterocycles. The molecule has 0 spiro atoms. The summed E-state index contributed by atoms with van der Waals surface area (Å²) < 4.78 is 13.6. The Kier molecular flexibility index (Phi) is 4.83.